The van der Waals surface area contributed by atoms with Crippen LogP contribution in [-0.4, -0.2) is 31.2 Å². The monoisotopic (exact) mass is 373 g/mol. The predicted octanol–water partition coefficient (Wildman–Crippen LogP) is 3.02. The third-order valence-corrected chi connectivity index (χ3v) is 4.07. The van der Waals surface area contributed by atoms with Crippen LogP contribution in [0.4, 0.5) is 10.1 Å². The Balaban J connectivity index is 1.55. The molecule has 2 aromatic rings. The number of esters is 1. The van der Waals surface area contributed by atoms with Crippen LogP contribution in [0.1, 0.15) is 18.1 Å². The number of nitrogens with one attached hydrogen (secondary N) is 1. The van der Waals surface area contributed by atoms with Gasteiger partial charge in [0, 0.05) is 5.69 Å². The first kappa shape index (κ1) is 18.7. The van der Waals surface area contributed by atoms with Crippen molar-refractivity contribution in [2.75, 3.05) is 18.5 Å². The average Bonchev–Trinajstić information content (AvgIpc) is 2.64. The van der Waals surface area contributed by atoms with E-state index in [2.05, 4.69) is 5.32 Å². The van der Waals surface area contributed by atoms with Crippen molar-refractivity contribution in [2.24, 2.45) is 0 Å². The Bertz CT molecular complexity index is 867. The highest BCUT2D eigenvalue weighted by Crippen LogP contribution is 2.30. The van der Waals surface area contributed by atoms with Crippen LogP contribution in [0, 0.1) is 12.7 Å². The van der Waals surface area contributed by atoms with Crippen LogP contribution in [0.3, 0.4) is 0 Å². The van der Waals surface area contributed by atoms with Crippen molar-refractivity contribution < 1.29 is 28.2 Å². The van der Waals surface area contributed by atoms with E-state index >= 15 is 0 Å². The van der Waals surface area contributed by atoms with Crippen LogP contribution in [0.5, 0.6) is 11.5 Å². The molecule has 0 saturated heterocycles. The molecule has 0 bridgehead atoms. The van der Waals surface area contributed by atoms with Crippen LogP contribution in [0.2, 0.25) is 0 Å². The summed E-state index contributed by atoms with van der Waals surface area (Å²) < 4.78 is 29.6. The Morgan fingerprint density at radius 3 is 2.63 bits per heavy atom. The van der Waals surface area contributed by atoms with E-state index in [1.165, 1.54) is 13.0 Å². The lowest BCUT2D eigenvalue weighted by atomic mass is 10.1. The zero-order valence-electron chi connectivity index (χ0n) is 15.1. The van der Waals surface area contributed by atoms with Gasteiger partial charge in [-0.25, -0.2) is 4.39 Å². The van der Waals surface area contributed by atoms with Crippen molar-refractivity contribution in [3.05, 3.63) is 53.3 Å². The summed E-state index contributed by atoms with van der Waals surface area (Å²) >= 11 is 0. The SMILES string of the molecule is Cc1ccc(NC(=O)[C@H](C)OC(=O)Cc2ccc3c(c2)OCCO3)cc1F. The predicted molar refractivity (Wildman–Crippen MR) is 96.5 cm³/mol. The number of hydrogen-bond donors (Lipinski definition) is 1. The molecule has 0 radical (unpaired) electrons. The summed E-state index contributed by atoms with van der Waals surface area (Å²) in [6.07, 6.45) is -1.02. The Morgan fingerprint density at radius 1 is 1.15 bits per heavy atom. The second kappa shape index (κ2) is 8.07. The Kier molecular flexibility index (Phi) is 5.59. The quantitative estimate of drug-likeness (QED) is 0.816. The molecule has 6 nitrogen and oxygen atoms in total. The molecule has 0 unspecified atom stereocenters. The van der Waals surface area contributed by atoms with Gasteiger partial charge in [-0.15, -0.1) is 0 Å². The maximum absolute atomic E-state index is 13.5. The van der Waals surface area contributed by atoms with Crippen molar-refractivity contribution in [1.29, 1.82) is 0 Å². The fourth-order valence-electron chi connectivity index (χ4n) is 2.57. The fraction of sp³-hybridized carbons (Fsp3) is 0.300. The maximum Gasteiger partial charge on any atom is 0.311 e. The maximum atomic E-state index is 13.5. The first-order valence-corrected chi connectivity index (χ1v) is 8.57. The molecule has 2 aromatic carbocycles. The summed E-state index contributed by atoms with van der Waals surface area (Å²) in [5.74, 6) is -0.288. The zero-order chi connectivity index (χ0) is 19.4. The molecule has 1 heterocycles. The van der Waals surface area contributed by atoms with Gasteiger partial charge in [-0.1, -0.05) is 12.1 Å². The van der Waals surface area contributed by atoms with Crippen molar-refractivity contribution in [3.8, 4) is 11.5 Å². The molecule has 0 spiro atoms. The van der Waals surface area contributed by atoms with E-state index < -0.39 is 23.8 Å². The van der Waals surface area contributed by atoms with Gasteiger partial charge in [0.1, 0.15) is 19.0 Å². The molecule has 7 heteroatoms. The number of rotatable bonds is 5. The molecule has 1 aliphatic rings. The van der Waals surface area contributed by atoms with Crippen LogP contribution < -0.4 is 14.8 Å². The van der Waals surface area contributed by atoms with E-state index in [0.717, 1.165) is 0 Å². The number of aryl methyl sites for hydroxylation is 1. The van der Waals surface area contributed by atoms with Crippen LogP contribution >= 0.6 is 0 Å². The normalized spacial score (nSPS) is 13.6. The van der Waals surface area contributed by atoms with Gasteiger partial charge in [0.25, 0.3) is 5.91 Å². The van der Waals surface area contributed by atoms with E-state index in [4.69, 9.17) is 14.2 Å². The van der Waals surface area contributed by atoms with Gasteiger partial charge in [0.15, 0.2) is 17.6 Å². The van der Waals surface area contributed by atoms with Crippen LogP contribution in [0.15, 0.2) is 36.4 Å². The van der Waals surface area contributed by atoms with Crippen molar-refractivity contribution in [3.63, 3.8) is 0 Å². The number of carbonyl (C=O) groups is 2. The molecule has 1 amide bonds. The topological polar surface area (TPSA) is 73.9 Å². The minimum absolute atomic E-state index is 0.00653. The largest absolute Gasteiger partial charge is 0.486 e. The highest BCUT2D eigenvalue weighted by atomic mass is 19.1. The van der Waals surface area contributed by atoms with Crippen LogP contribution in [-0.2, 0) is 20.7 Å². The Morgan fingerprint density at radius 2 is 1.89 bits per heavy atom. The molecular formula is C20H20FNO5. The standard InChI is InChI=1S/C20H20FNO5/c1-12-3-5-15(11-16(12)21)22-20(24)13(2)27-19(23)10-14-4-6-17-18(9-14)26-8-7-25-17/h3-6,9,11,13H,7-8,10H2,1-2H3,(H,22,24)/t13-/m0/s1. The highest BCUT2D eigenvalue weighted by Gasteiger charge is 2.19. The number of ether oxygens (including phenoxy) is 3. The van der Waals surface area contributed by atoms with Crippen LogP contribution in [0.25, 0.3) is 0 Å². The number of anilines is 1. The number of amides is 1. The van der Waals surface area contributed by atoms with Crippen molar-refractivity contribution in [2.45, 2.75) is 26.4 Å². The first-order valence-electron chi connectivity index (χ1n) is 8.57. The van der Waals surface area contributed by atoms with Gasteiger partial charge in [-0.05, 0) is 49.2 Å². The second-order valence-electron chi connectivity index (χ2n) is 6.24. The third kappa shape index (κ3) is 4.75. The van der Waals surface area contributed by atoms with E-state index in [0.29, 0.717) is 41.5 Å². The highest BCUT2D eigenvalue weighted by molar-refractivity contribution is 5.95. The van der Waals surface area contributed by atoms with E-state index in [9.17, 15) is 14.0 Å². The van der Waals surface area contributed by atoms with E-state index in [-0.39, 0.29) is 6.42 Å². The van der Waals surface area contributed by atoms with Gasteiger partial charge in [0.05, 0.1) is 6.42 Å². The molecule has 0 aromatic heterocycles. The third-order valence-electron chi connectivity index (χ3n) is 4.07. The molecule has 142 valence electrons. The molecule has 1 atom stereocenters. The summed E-state index contributed by atoms with van der Waals surface area (Å²) in [7, 11) is 0. The van der Waals surface area contributed by atoms with Gasteiger partial charge in [0.2, 0.25) is 0 Å². The lowest BCUT2D eigenvalue weighted by molar-refractivity contribution is -0.152. The minimum Gasteiger partial charge on any atom is -0.486 e. The van der Waals surface area contributed by atoms with Crippen molar-refractivity contribution >= 4 is 17.6 Å². The lowest BCUT2D eigenvalue weighted by Gasteiger charge is -2.19. The molecular weight excluding hydrogens is 353 g/mol. The Hall–Kier alpha value is -3.09. The molecule has 1 aliphatic heterocycles. The summed E-state index contributed by atoms with van der Waals surface area (Å²) in [6, 6.07) is 9.56. The molecule has 0 fully saturated rings. The lowest BCUT2D eigenvalue weighted by Crippen LogP contribution is -2.30. The van der Waals surface area contributed by atoms with Gasteiger partial charge in [-0.2, -0.15) is 0 Å². The molecule has 0 saturated carbocycles. The molecule has 27 heavy (non-hydrogen) atoms. The van der Waals surface area contributed by atoms with Gasteiger partial charge < -0.3 is 19.5 Å². The van der Waals surface area contributed by atoms with Gasteiger partial charge >= 0.3 is 5.97 Å². The molecule has 0 aliphatic carbocycles. The summed E-state index contributed by atoms with van der Waals surface area (Å²) in [5.41, 5.74) is 1.47. The summed E-state index contributed by atoms with van der Waals surface area (Å²) in [5, 5.41) is 2.53. The molecule has 3 rings (SSSR count). The number of halogens is 1. The first-order chi connectivity index (χ1) is 12.9. The number of hydrogen-bond acceptors (Lipinski definition) is 5. The average molecular weight is 373 g/mol. The number of carbonyl (C=O) groups excluding carboxylic acids is 2. The Labute approximate surface area is 156 Å². The van der Waals surface area contributed by atoms with E-state index in [1.54, 1.807) is 37.3 Å². The second-order valence-corrected chi connectivity index (χ2v) is 6.24. The van der Waals surface area contributed by atoms with E-state index in [1.807, 2.05) is 0 Å². The zero-order valence-corrected chi connectivity index (χ0v) is 15.1. The number of fused-ring (bicyclic) bond motifs is 1. The van der Waals surface area contributed by atoms with Crippen molar-refractivity contribution in [1.82, 2.24) is 0 Å². The number of benzene rings is 2. The summed E-state index contributed by atoms with van der Waals surface area (Å²) in [4.78, 5) is 24.3. The minimum atomic E-state index is -1.01. The summed E-state index contributed by atoms with van der Waals surface area (Å²) in [6.45, 7) is 4.04. The smallest absolute Gasteiger partial charge is 0.311 e. The van der Waals surface area contributed by atoms with Gasteiger partial charge in [-0.3, -0.25) is 9.59 Å². The molecule has 1 N–H and O–H groups in total. The fourth-order valence-corrected chi connectivity index (χ4v) is 2.57.